The van der Waals surface area contributed by atoms with Gasteiger partial charge in [0.1, 0.15) is 49.3 Å². The Labute approximate surface area is 178 Å². The van der Waals surface area contributed by atoms with E-state index in [0.29, 0.717) is 13.0 Å². The molecule has 13 heteroatoms. The van der Waals surface area contributed by atoms with Gasteiger partial charge >= 0.3 is 5.97 Å². The highest BCUT2D eigenvalue weighted by atomic mass is 16.8. The molecule has 3 aliphatic heterocycles. The molecule has 3 saturated heterocycles. The third kappa shape index (κ3) is 6.09. The summed E-state index contributed by atoms with van der Waals surface area (Å²) < 4.78 is 20.2. The summed E-state index contributed by atoms with van der Waals surface area (Å²) in [6.07, 6.45) is -8.82. The van der Waals surface area contributed by atoms with Crippen molar-refractivity contribution in [2.75, 3.05) is 26.4 Å². The number of ether oxygens (including phenoxy) is 4. The van der Waals surface area contributed by atoms with Crippen molar-refractivity contribution in [2.45, 2.75) is 80.5 Å². The van der Waals surface area contributed by atoms with Gasteiger partial charge in [0.05, 0.1) is 19.8 Å². The van der Waals surface area contributed by atoms with Gasteiger partial charge in [0.25, 0.3) is 0 Å². The first-order chi connectivity index (χ1) is 14.7. The fourth-order valence-electron chi connectivity index (χ4n) is 3.44. The van der Waals surface area contributed by atoms with Crippen LogP contribution in [0.5, 0.6) is 0 Å². The minimum atomic E-state index is -2.22. The van der Waals surface area contributed by atoms with E-state index in [4.69, 9.17) is 29.2 Å². The van der Waals surface area contributed by atoms with Crippen LogP contribution in [0.25, 0.3) is 0 Å². The molecule has 31 heavy (non-hydrogen) atoms. The van der Waals surface area contributed by atoms with E-state index < -0.39 is 74.6 Å². The number of cyclic esters (lactones) is 1. The summed E-state index contributed by atoms with van der Waals surface area (Å²) in [5.74, 6) is -2.25. The average Bonchev–Trinajstić information content (AvgIpc) is 2.92. The van der Waals surface area contributed by atoms with E-state index in [0.717, 1.165) is 19.3 Å². The number of esters is 1. The summed E-state index contributed by atoms with van der Waals surface area (Å²) in [6, 6.07) is 0. The number of aliphatic hydroxyl groups excluding tert-OH is 8. The maximum Gasteiger partial charge on any atom is 0.305 e. The summed E-state index contributed by atoms with van der Waals surface area (Å²) in [7, 11) is 0. The predicted molar refractivity (Wildman–Crippen MR) is 98.1 cm³/mol. The molecule has 3 fully saturated rings. The summed E-state index contributed by atoms with van der Waals surface area (Å²) in [6.45, 7) is -1.68. The Morgan fingerprint density at radius 1 is 0.871 bits per heavy atom. The molecule has 3 aliphatic rings. The molecule has 3 heterocycles. The van der Waals surface area contributed by atoms with Crippen molar-refractivity contribution in [1.82, 2.24) is 0 Å². The number of aliphatic hydroxyl groups is 8. The van der Waals surface area contributed by atoms with Crippen molar-refractivity contribution in [3.8, 4) is 0 Å². The van der Waals surface area contributed by atoms with Crippen molar-refractivity contribution in [3.05, 3.63) is 0 Å². The zero-order valence-corrected chi connectivity index (χ0v) is 16.9. The average molecular weight is 456 g/mol. The van der Waals surface area contributed by atoms with E-state index in [2.05, 4.69) is 0 Å². The molecule has 0 aliphatic carbocycles. The Morgan fingerprint density at radius 2 is 1.55 bits per heavy atom. The van der Waals surface area contributed by atoms with Crippen molar-refractivity contribution in [1.29, 1.82) is 0 Å². The Morgan fingerprint density at radius 3 is 2.13 bits per heavy atom. The van der Waals surface area contributed by atoms with E-state index in [1.165, 1.54) is 0 Å². The standard InChI is InChI=1S/C12H22O11.C6H10O2/c13-1-4-6(16)8(18)9(19)11(21-4)23-12(3-15)10(20)7(17)5(2-14)22-12;7-6-4-2-1-3-5-8-6/h4-11,13-20H,1-3H2;1-5H2/t4-,5-,6-,7-,8+,9-,10+,11-,12+;/m1./s1. The van der Waals surface area contributed by atoms with Gasteiger partial charge in [-0.3, -0.25) is 4.79 Å². The van der Waals surface area contributed by atoms with Crippen LogP contribution in [0.1, 0.15) is 25.7 Å². The first-order valence-corrected chi connectivity index (χ1v) is 10.1. The molecule has 0 unspecified atom stereocenters. The van der Waals surface area contributed by atoms with Crippen molar-refractivity contribution < 1.29 is 64.6 Å². The van der Waals surface area contributed by atoms with Crippen molar-refractivity contribution in [2.24, 2.45) is 0 Å². The molecule has 0 radical (unpaired) electrons. The van der Waals surface area contributed by atoms with Gasteiger partial charge in [-0.1, -0.05) is 0 Å². The number of carbonyl (C=O) groups is 1. The van der Waals surface area contributed by atoms with Crippen LogP contribution < -0.4 is 0 Å². The Balaban J connectivity index is 0.000000357. The summed E-state index contributed by atoms with van der Waals surface area (Å²) >= 11 is 0. The van der Waals surface area contributed by atoms with Crippen LogP contribution in [0.15, 0.2) is 0 Å². The molecule has 0 aromatic heterocycles. The maximum atomic E-state index is 10.5. The Hall–Kier alpha value is -0.970. The monoisotopic (exact) mass is 456 g/mol. The van der Waals surface area contributed by atoms with E-state index in [1.54, 1.807) is 0 Å². The Kier molecular flexibility index (Phi) is 9.98. The number of hydrogen-bond donors (Lipinski definition) is 8. The van der Waals surface area contributed by atoms with E-state index in [9.17, 15) is 35.4 Å². The zero-order chi connectivity index (χ0) is 23.2. The largest absolute Gasteiger partial charge is 0.466 e. The lowest BCUT2D eigenvalue weighted by molar-refractivity contribution is -0.383. The molecule has 9 atom stereocenters. The van der Waals surface area contributed by atoms with Gasteiger partial charge < -0.3 is 59.8 Å². The van der Waals surface area contributed by atoms with E-state index >= 15 is 0 Å². The van der Waals surface area contributed by atoms with E-state index in [1.807, 2.05) is 0 Å². The van der Waals surface area contributed by atoms with Gasteiger partial charge in [-0.25, -0.2) is 0 Å². The quantitative estimate of drug-likeness (QED) is 0.184. The van der Waals surface area contributed by atoms with Crippen LogP contribution in [0.2, 0.25) is 0 Å². The molecule has 0 aromatic rings. The molecular formula is C18H32O13. The number of carbonyl (C=O) groups excluding carboxylic acids is 1. The molecular weight excluding hydrogens is 424 g/mol. The molecule has 182 valence electrons. The number of hydrogen-bond acceptors (Lipinski definition) is 13. The third-order valence-electron chi connectivity index (χ3n) is 5.36. The lowest BCUT2D eigenvalue weighted by atomic mass is 9.99. The first kappa shape index (κ1) is 26.3. The predicted octanol–water partition coefficient (Wildman–Crippen LogP) is -4.29. The van der Waals surface area contributed by atoms with Crippen molar-refractivity contribution in [3.63, 3.8) is 0 Å². The molecule has 3 rings (SSSR count). The molecule has 0 aromatic carbocycles. The summed E-state index contributed by atoms with van der Waals surface area (Å²) in [5, 5.41) is 76.7. The van der Waals surface area contributed by atoms with Gasteiger partial charge in [-0.15, -0.1) is 0 Å². The van der Waals surface area contributed by atoms with Gasteiger partial charge in [0.15, 0.2) is 6.29 Å². The topological polar surface area (TPSA) is 216 Å². The van der Waals surface area contributed by atoms with Gasteiger partial charge in [-0.05, 0) is 19.3 Å². The lowest BCUT2D eigenvalue weighted by Crippen LogP contribution is -2.62. The Bertz CT molecular complexity index is 551. The van der Waals surface area contributed by atoms with Gasteiger partial charge in [-0.2, -0.15) is 0 Å². The second-order valence-corrected chi connectivity index (χ2v) is 7.59. The SMILES string of the molecule is O=C1CCCCCO1.OC[C@H]1O[C@@](CO)(O[C@H]2O[C@H](CO)[C@@H](O)[C@H](O)[C@H]2O)[C@@H](O)[C@@H]1O. The van der Waals surface area contributed by atoms with Gasteiger partial charge in [0, 0.05) is 6.42 Å². The molecule has 0 saturated carbocycles. The molecule has 13 nitrogen and oxygen atoms in total. The third-order valence-corrected chi connectivity index (χ3v) is 5.36. The van der Waals surface area contributed by atoms with Crippen molar-refractivity contribution >= 4 is 5.97 Å². The van der Waals surface area contributed by atoms with E-state index in [-0.39, 0.29) is 5.97 Å². The first-order valence-electron chi connectivity index (χ1n) is 10.1. The minimum absolute atomic E-state index is 0.0255. The summed E-state index contributed by atoms with van der Waals surface area (Å²) in [4.78, 5) is 10.5. The molecule has 0 bridgehead atoms. The second-order valence-electron chi connectivity index (χ2n) is 7.59. The molecule has 8 N–H and O–H groups in total. The highest BCUT2D eigenvalue weighted by Gasteiger charge is 2.58. The number of rotatable bonds is 5. The van der Waals surface area contributed by atoms with Crippen LogP contribution in [0.3, 0.4) is 0 Å². The van der Waals surface area contributed by atoms with Crippen LogP contribution >= 0.6 is 0 Å². The second kappa shape index (κ2) is 11.8. The smallest absolute Gasteiger partial charge is 0.305 e. The van der Waals surface area contributed by atoms with Crippen LogP contribution in [-0.2, 0) is 23.7 Å². The van der Waals surface area contributed by atoms with Crippen LogP contribution in [0.4, 0.5) is 0 Å². The van der Waals surface area contributed by atoms with Gasteiger partial charge in [0.2, 0.25) is 5.79 Å². The molecule has 0 spiro atoms. The normalized spacial score (nSPS) is 43.5. The minimum Gasteiger partial charge on any atom is -0.466 e. The fourth-order valence-corrected chi connectivity index (χ4v) is 3.44. The zero-order valence-electron chi connectivity index (χ0n) is 16.9. The fraction of sp³-hybridized carbons (Fsp3) is 0.944. The summed E-state index contributed by atoms with van der Waals surface area (Å²) in [5.41, 5.74) is 0. The highest BCUT2D eigenvalue weighted by Crippen LogP contribution is 2.35. The maximum absolute atomic E-state index is 10.5. The molecule has 0 amide bonds. The van der Waals surface area contributed by atoms with Crippen LogP contribution in [-0.4, -0.2) is 128 Å². The lowest BCUT2D eigenvalue weighted by Gasteiger charge is -2.43. The highest BCUT2D eigenvalue weighted by molar-refractivity contribution is 5.69. The van der Waals surface area contributed by atoms with Crippen LogP contribution in [0, 0.1) is 0 Å².